The molecule has 2 fully saturated rings. The Morgan fingerprint density at radius 1 is 1.07 bits per heavy atom. The number of fused-ring (bicyclic) bond motifs is 1. The minimum absolute atomic E-state index is 0.0975. The molecule has 1 unspecified atom stereocenters. The van der Waals surface area contributed by atoms with Gasteiger partial charge >= 0.3 is 0 Å². The number of carbonyl (C=O) groups excluding carboxylic acids is 1. The van der Waals surface area contributed by atoms with Gasteiger partial charge in [-0.25, -0.2) is 8.42 Å². The summed E-state index contributed by atoms with van der Waals surface area (Å²) in [5, 5.41) is 0.699. The molecule has 3 heterocycles. The smallest absolute Gasteiger partial charge is 0.289 e. The molecule has 2 saturated heterocycles. The van der Waals surface area contributed by atoms with Gasteiger partial charge in [0.1, 0.15) is 5.58 Å². The van der Waals surface area contributed by atoms with E-state index in [-0.39, 0.29) is 10.8 Å². The molecule has 0 saturated carbocycles. The average Bonchev–Trinajstić information content (AvgIpc) is 3.04. The van der Waals surface area contributed by atoms with Crippen LogP contribution in [0.4, 0.5) is 0 Å². The van der Waals surface area contributed by atoms with E-state index in [9.17, 15) is 13.2 Å². The highest BCUT2D eigenvalue weighted by molar-refractivity contribution is 7.89. The Hall–Kier alpha value is -1.86. The molecule has 0 bridgehead atoms. The average molecular weight is 419 g/mol. The van der Waals surface area contributed by atoms with Crippen LogP contribution in [0.15, 0.2) is 27.5 Å². The van der Waals surface area contributed by atoms with E-state index in [1.165, 1.54) is 0 Å². The van der Waals surface area contributed by atoms with Crippen molar-refractivity contribution in [3.05, 3.63) is 29.5 Å². The highest BCUT2D eigenvalue weighted by Gasteiger charge is 2.30. The van der Waals surface area contributed by atoms with E-state index in [0.717, 1.165) is 38.8 Å². The van der Waals surface area contributed by atoms with E-state index >= 15 is 0 Å². The predicted octanol–water partition coefficient (Wildman–Crippen LogP) is 4.03. The molecule has 4 rings (SSSR count). The van der Waals surface area contributed by atoms with E-state index in [2.05, 4.69) is 13.8 Å². The van der Waals surface area contributed by atoms with Crippen molar-refractivity contribution in [2.24, 2.45) is 11.8 Å². The summed E-state index contributed by atoms with van der Waals surface area (Å²) in [5.41, 5.74) is 1.27. The van der Waals surface area contributed by atoms with Gasteiger partial charge in [0.15, 0.2) is 5.76 Å². The molecule has 1 aromatic carbocycles. The van der Waals surface area contributed by atoms with Crippen LogP contribution >= 0.6 is 0 Å². The molecule has 0 N–H and O–H groups in total. The van der Waals surface area contributed by atoms with Crippen LogP contribution in [-0.4, -0.2) is 49.7 Å². The number of sulfonamides is 1. The zero-order valence-electron chi connectivity index (χ0n) is 17.5. The van der Waals surface area contributed by atoms with Crippen molar-refractivity contribution >= 4 is 26.9 Å². The maximum absolute atomic E-state index is 13.1. The van der Waals surface area contributed by atoms with Crippen molar-refractivity contribution in [2.75, 3.05) is 26.2 Å². The molecule has 0 radical (unpaired) electrons. The van der Waals surface area contributed by atoms with Crippen LogP contribution in [0, 0.1) is 18.8 Å². The number of aryl methyl sites for hydroxylation is 1. The molecular formula is C22H30N2O4S. The number of rotatable bonds is 3. The van der Waals surface area contributed by atoms with E-state index in [4.69, 9.17) is 4.42 Å². The van der Waals surface area contributed by atoms with Crippen molar-refractivity contribution < 1.29 is 17.6 Å². The van der Waals surface area contributed by atoms with Crippen LogP contribution in [0.3, 0.4) is 0 Å². The molecule has 6 nitrogen and oxygen atoms in total. The maximum atomic E-state index is 13.1. The summed E-state index contributed by atoms with van der Waals surface area (Å²) in [4.78, 5) is 15.1. The van der Waals surface area contributed by atoms with Gasteiger partial charge in [0.25, 0.3) is 5.91 Å². The Kier molecular flexibility index (Phi) is 5.46. The number of hydrogen-bond acceptors (Lipinski definition) is 4. The summed E-state index contributed by atoms with van der Waals surface area (Å²) < 4.78 is 33.6. The summed E-state index contributed by atoms with van der Waals surface area (Å²) in [6.07, 6.45) is 3.92. The minimum atomic E-state index is -3.54. The molecule has 1 amide bonds. The molecule has 29 heavy (non-hydrogen) atoms. The van der Waals surface area contributed by atoms with Crippen molar-refractivity contribution in [1.29, 1.82) is 0 Å². The first-order valence-electron chi connectivity index (χ1n) is 10.6. The van der Waals surface area contributed by atoms with E-state index in [1.807, 2.05) is 11.8 Å². The third kappa shape index (κ3) is 3.82. The van der Waals surface area contributed by atoms with Gasteiger partial charge < -0.3 is 9.32 Å². The Labute approximate surface area is 172 Å². The molecular weight excluding hydrogens is 388 g/mol. The van der Waals surface area contributed by atoms with Gasteiger partial charge in [-0.3, -0.25) is 4.79 Å². The first-order valence-corrected chi connectivity index (χ1v) is 12.0. The summed E-state index contributed by atoms with van der Waals surface area (Å²) in [6.45, 7) is 8.75. The van der Waals surface area contributed by atoms with E-state index in [0.29, 0.717) is 47.2 Å². The number of carbonyl (C=O) groups is 1. The fraction of sp³-hybridized carbons (Fsp3) is 0.591. The minimum Gasteiger partial charge on any atom is -0.451 e. The quantitative estimate of drug-likeness (QED) is 0.754. The number of nitrogens with zero attached hydrogens (tertiary/aromatic N) is 2. The molecule has 1 atom stereocenters. The Bertz CT molecular complexity index is 1020. The maximum Gasteiger partial charge on any atom is 0.289 e. The zero-order chi connectivity index (χ0) is 20.8. The second kappa shape index (κ2) is 7.76. The van der Waals surface area contributed by atoms with Crippen molar-refractivity contribution in [1.82, 2.24) is 9.21 Å². The Morgan fingerprint density at radius 3 is 2.48 bits per heavy atom. The summed E-state index contributed by atoms with van der Waals surface area (Å²) in [5.74, 6) is 1.28. The highest BCUT2D eigenvalue weighted by atomic mass is 32.2. The van der Waals surface area contributed by atoms with Crippen LogP contribution in [0.1, 0.15) is 55.6 Å². The lowest BCUT2D eigenvalue weighted by Crippen LogP contribution is -2.39. The van der Waals surface area contributed by atoms with Gasteiger partial charge in [0, 0.05) is 37.1 Å². The van der Waals surface area contributed by atoms with Crippen molar-refractivity contribution in [2.45, 2.75) is 51.3 Å². The molecule has 0 spiro atoms. The zero-order valence-corrected chi connectivity index (χ0v) is 18.3. The molecule has 0 aliphatic carbocycles. The molecule has 2 aliphatic rings. The Balaban J connectivity index is 1.65. The second-order valence-corrected chi connectivity index (χ2v) is 10.7. The second-order valence-electron chi connectivity index (χ2n) is 8.80. The molecule has 2 aromatic rings. The van der Waals surface area contributed by atoms with Crippen LogP contribution < -0.4 is 0 Å². The molecule has 158 valence electrons. The number of piperidine rings is 2. The van der Waals surface area contributed by atoms with Crippen LogP contribution in [0.5, 0.6) is 0 Å². The molecule has 7 heteroatoms. The monoisotopic (exact) mass is 418 g/mol. The number of furan rings is 1. The van der Waals surface area contributed by atoms with Gasteiger partial charge in [0.05, 0.1) is 4.90 Å². The van der Waals surface area contributed by atoms with Gasteiger partial charge in [0.2, 0.25) is 10.0 Å². The highest BCUT2D eigenvalue weighted by Crippen LogP contribution is 2.31. The summed E-state index contributed by atoms with van der Waals surface area (Å²) in [6, 6.07) is 4.93. The predicted molar refractivity (Wildman–Crippen MR) is 112 cm³/mol. The fourth-order valence-corrected chi connectivity index (χ4v) is 5.95. The van der Waals surface area contributed by atoms with E-state index in [1.54, 1.807) is 22.5 Å². The summed E-state index contributed by atoms with van der Waals surface area (Å²) in [7, 11) is -3.54. The van der Waals surface area contributed by atoms with Crippen molar-refractivity contribution in [3.63, 3.8) is 0 Å². The first kappa shape index (κ1) is 20.4. The molecule has 1 aromatic heterocycles. The summed E-state index contributed by atoms with van der Waals surface area (Å²) >= 11 is 0. The van der Waals surface area contributed by atoms with Gasteiger partial charge in [-0.1, -0.05) is 13.8 Å². The number of benzene rings is 1. The third-order valence-corrected chi connectivity index (χ3v) is 8.32. The normalized spacial score (nSPS) is 22.3. The van der Waals surface area contributed by atoms with Crippen molar-refractivity contribution in [3.8, 4) is 0 Å². The lowest BCUT2D eigenvalue weighted by atomic mass is 10.00. The molecule has 2 aliphatic heterocycles. The van der Waals surface area contributed by atoms with Crippen LogP contribution in [0.25, 0.3) is 11.0 Å². The Morgan fingerprint density at radius 2 is 1.79 bits per heavy atom. The van der Waals surface area contributed by atoms with Crippen LogP contribution in [0.2, 0.25) is 0 Å². The van der Waals surface area contributed by atoms with Crippen LogP contribution in [-0.2, 0) is 10.0 Å². The standard InChI is InChI=1S/C22H30N2O4S/c1-15-8-11-24(12-9-15)29(26,27)18-6-7-20-19(13-18)17(3)21(28-20)22(25)23-10-4-5-16(2)14-23/h6-7,13,15-16H,4-5,8-12,14H2,1-3H3. The number of hydrogen-bond donors (Lipinski definition) is 0. The fourth-order valence-electron chi connectivity index (χ4n) is 4.46. The van der Waals surface area contributed by atoms with E-state index < -0.39 is 10.0 Å². The number of likely N-dealkylation sites (tertiary alicyclic amines) is 1. The van der Waals surface area contributed by atoms with Gasteiger partial charge in [-0.15, -0.1) is 0 Å². The third-order valence-electron chi connectivity index (χ3n) is 6.43. The topological polar surface area (TPSA) is 70.8 Å². The largest absolute Gasteiger partial charge is 0.451 e. The SMILES string of the molecule is Cc1c(C(=O)N2CCCC(C)C2)oc2ccc(S(=O)(=O)N3CCC(C)CC3)cc12. The van der Waals surface area contributed by atoms with Gasteiger partial charge in [-0.2, -0.15) is 4.31 Å². The van der Waals surface area contributed by atoms with Gasteiger partial charge in [-0.05, 0) is 62.6 Å². The number of amides is 1. The lowest BCUT2D eigenvalue weighted by Gasteiger charge is -2.30. The lowest BCUT2D eigenvalue weighted by molar-refractivity contribution is 0.0652. The first-order chi connectivity index (χ1) is 13.8.